The van der Waals surface area contributed by atoms with Crippen molar-refractivity contribution in [3.05, 3.63) is 0 Å². The molecule has 0 radical (unpaired) electrons. The van der Waals surface area contributed by atoms with E-state index >= 15 is 0 Å². The predicted molar refractivity (Wildman–Crippen MR) is 326 cm³/mol. The molecule has 0 spiro atoms. The van der Waals surface area contributed by atoms with Crippen molar-refractivity contribution in [3.63, 3.8) is 0 Å². The number of ether oxygens (including phenoxy) is 9. The fourth-order valence-electron chi connectivity index (χ4n) is 7.38. The van der Waals surface area contributed by atoms with E-state index in [0.29, 0.717) is 26.2 Å². The minimum atomic E-state index is -1.10. The van der Waals surface area contributed by atoms with Gasteiger partial charge in [-0.2, -0.15) is 0 Å². The number of aliphatic carboxylic acids is 1. The fourth-order valence-corrected chi connectivity index (χ4v) is 7.38. The van der Waals surface area contributed by atoms with Crippen LogP contribution >= 0.6 is 0 Å². The molecule has 2 amide bonds. The summed E-state index contributed by atoms with van der Waals surface area (Å²) in [5, 5.41) is 20.6. The van der Waals surface area contributed by atoms with Crippen LogP contribution in [0.4, 0.5) is 0 Å². The molecule has 0 saturated carbocycles. The molecule has 0 aromatic carbocycles. The summed E-state index contributed by atoms with van der Waals surface area (Å²) in [5.41, 5.74) is 10.3. The maximum Gasteiger partial charge on any atom is 0.320 e. The van der Waals surface area contributed by atoms with Gasteiger partial charge in [-0.25, -0.2) is 0 Å². The minimum Gasteiger partial charge on any atom is -0.480 e. The van der Waals surface area contributed by atoms with Gasteiger partial charge in [0.05, 0.1) is 138 Å². The zero-order valence-corrected chi connectivity index (χ0v) is 54.6. The van der Waals surface area contributed by atoms with Crippen LogP contribution in [0.2, 0.25) is 0 Å². The summed E-state index contributed by atoms with van der Waals surface area (Å²) < 4.78 is 44.6. The van der Waals surface area contributed by atoms with Crippen molar-refractivity contribution >= 4 is 71.5 Å². The molecule has 0 aliphatic carbocycles. The molecule has 34 heteroatoms. The lowest BCUT2D eigenvalue weighted by Crippen LogP contribution is -2.47. The Bertz CT molecular complexity index is 1880. The largest absolute Gasteiger partial charge is 0.480 e. The van der Waals surface area contributed by atoms with E-state index in [1.165, 1.54) is 19.6 Å². The zero-order chi connectivity index (χ0) is 68.3. The van der Waals surface area contributed by atoms with Gasteiger partial charge in [0, 0.05) is 91.6 Å². The SMILES string of the molecule is CCOC(=O)CN(CCN(CC(=O)OCC)CC(=O)OCC)CC(=O)NCCNCCNC(=O)CN(CCN(CC(=O)OCC)CC(=O)OCC)CC(=O)OCC.CCOC(=O)CN(CCN(CC(=O)OCC)CC(=O)OCC)CC(=O)O.NCCNCCN. The lowest BCUT2D eigenvalue weighted by atomic mass is 10.3. The van der Waals surface area contributed by atoms with Crippen LogP contribution in [0, 0.1) is 0 Å². The predicted octanol–water partition coefficient (Wildman–Crippen LogP) is -4.75. The number of carbonyl (C=O) groups is 12. The summed E-state index contributed by atoms with van der Waals surface area (Å²) in [5.74, 6) is -6.59. The number of esters is 9. The van der Waals surface area contributed by atoms with Crippen molar-refractivity contribution < 1.29 is 105 Å². The quantitative estimate of drug-likeness (QED) is 0.0171. The summed E-state index contributed by atoms with van der Waals surface area (Å²) in [6, 6.07) is 0. The first-order chi connectivity index (χ1) is 43.0. The van der Waals surface area contributed by atoms with Crippen molar-refractivity contribution in [1.29, 1.82) is 0 Å². The summed E-state index contributed by atoms with van der Waals surface area (Å²) in [4.78, 5) is 153. The second-order valence-corrected chi connectivity index (χ2v) is 18.7. The first-order valence-electron chi connectivity index (χ1n) is 30.3. The van der Waals surface area contributed by atoms with Gasteiger partial charge in [0.1, 0.15) is 0 Å². The molecule has 522 valence electrons. The molecule has 0 unspecified atom stereocenters. The lowest BCUT2D eigenvalue weighted by Gasteiger charge is -2.26. The number of carbonyl (C=O) groups excluding carboxylic acids is 11. The molecule has 90 heavy (non-hydrogen) atoms. The topological polar surface area (TPSA) is 428 Å². The van der Waals surface area contributed by atoms with E-state index in [9.17, 15) is 57.5 Å². The van der Waals surface area contributed by atoms with Crippen molar-refractivity contribution in [2.75, 3.05) is 230 Å². The highest BCUT2D eigenvalue weighted by Gasteiger charge is 2.24. The van der Waals surface area contributed by atoms with Crippen LogP contribution in [0.3, 0.4) is 0 Å². The summed E-state index contributed by atoms with van der Waals surface area (Å²) >= 11 is 0. The average molecular weight is 1300 g/mol. The average Bonchev–Trinajstić information content (AvgIpc) is 3.67. The van der Waals surface area contributed by atoms with Gasteiger partial charge in [-0.1, -0.05) is 0 Å². The number of nitrogens with two attached hydrogens (primary N) is 2. The van der Waals surface area contributed by atoms with Gasteiger partial charge in [-0.05, 0) is 62.3 Å². The molecule has 0 aromatic rings. The Labute approximate surface area is 529 Å². The third-order valence-corrected chi connectivity index (χ3v) is 11.1. The normalized spacial score (nSPS) is 10.8. The summed E-state index contributed by atoms with van der Waals surface area (Å²) in [6.07, 6.45) is 0. The molecular weight excluding hydrogens is 1190 g/mol. The molecule has 0 saturated heterocycles. The Morgan fingerprint density at radius 2 is 0.456 bits per heavy atom. The number of hydrogen-bond donors (Lipinski definition) is 7. The zero-order valence-electron chi connectivity index (χ0n) is 54.6. The highest BCUT2D eigenvalue weighted by molar-refractivity contribution is 5.81. The molecule has 0 aliphatic heterocycles. The van der Waals surface area contributed by atoms with E-state index in [-0.39, 0.29) is 202 Å². The Balaban J connectivity index is -0.00000188. The standard InChI is InChI=1S/C36H65N7O14.C16H28N2O8.C4H13N3/c1-7-52-31(46)23-40(17-19-42(25-33(48)54-9-3)26-34(49)55-10-4)21-29(44)38-15-13-37-14-16-39-30(45)22-41(24-32(47)53-8-2)18-20-43(27-35(50)56-11-5)28-36(51)57-12-6;1-4-24-14(21)10-17(9-13(19)20)7-8-18(11-15(22)25-5-2)12-16(23)26-6-3;5-1-3-7-4-2-6/h37H,7-28H2,1-6H3,(H,38,44)(H,39,45);4-12H2,1-3H3,(H,19,20);7H,1-6H2. The van der Waals surface area contributed by atoms with Gasteiger partial charge in [0.15, 0.2) is 0 Å². The monoisotopic (exact) mass is 1300 g/mol. The van der Waals surface area contributed by atoms with Gasteiger partial charge < -0.3 is 80.5 Å². The van der Waals surface area contributed by atoms with Crippen molar-refractivity contribution in [3.8, 4) is 0 Å². The van der Waals surface area contributed by atoms with Crippen molar-refractivity contribution in [2.24, 2.45) is 11.5 Å². The van der Waals surface area contributed by atoms with Crippen LogP contribution in [0.15, 0.2) is 0 Å². The number of rotatable bonds is 52. The molecule has 0 heterocycles. The van der Waals surface area contributed by atoms with Crippen LogP contribution in [0.25, 0.3) is 0 Å². The number of amides is 2. The molecule has 0 aliphatic rings. The van der Waals surface area contributed by atoms with Gasteiger partial charge >= 0.3 is 59.7 Å². The summed E-state index contributed by atoms with van der Waals surface area (Å²) in [7, 11) is 0. The van der Waals surface area contributed by atoms with Crippen LogP contribution < -0.4 is 32.7 Å². The number of nitrogens with one attached hydrogen (secondary N) is 4. The van der Waals surface area contributed by atoms with E-state index in [4.69, 9.17) is 59.2 Å². The van der Waals surface area contributed by atoms with Crippen molar-refractivity contribution in [2.45, 2.75) is 62.3 Å². The highest BCUT2D eigenvalue weighted by Crippen LogP contribution is 2.02. The van der Waals surface area contributed by atoms with E-state index in [0.717, 1.165) is 13.1 Å². The molecule has 9 N–H and O–H groups in total. The highest BCUT2D eigenvalue weighted by atomic mass is 16.6. The lowest BCUT2D eigenvalue weighted by molar-refractivity contribution is -0.150. The van der Waals surface area contributed by atoms with Crippen LogP contribution in [0.1, 0.15) is 62.3 Å². The molecule has 0 rings (SSSR count). The second-order valence-electron chi connectivity index (χ2n) is 18.7. The number of hydrogen-bond acceptors (Lipinski definition) is 31. The number of nitrogens with zero attached hydrogens (tertiary/aromatic N) is 6. The smallest absolute Gasteiger partial charge is 0.320 e. The third-order valence-electron chi connectivity index (χ3n) is 11.1. The Hall–Kier alpha value is -6.76. The molecular formula is C56H106N12O22. The molecule has 0 fully saturated rings. The molecule has 0 atom stereocenters. The minimum absolute atomic E-state index is 0.143. The first-order valence-corrected chi connectivity index (χ1v) is 30.3. The van der Waals surface area contributed by atoms with E-state index in [1.807, 2.05) is 0 Å². The van der Waals surface area contributed by atoms with Gasteiger partial charge in [-0.15, -0.1) is 0 Å². The maximum absolute atomic E-state index is 12.8. The molecule has 0 aromatic heterocycles. The van der Waals surface area contributed by atoms with Crippen LogP contribution in [0.5, 0.6) is 0 Å². The fraction of sp³-hybridized carbons (Fsp3) is 0.786. The van der Waals surface area contributed by atoms with Gasteiger partial charge in [-0.3, -0.25) is 86.9 Å². The third kappa shape index (κ3) is 55.3. The Kier molecular flexibility index (Phi) is 58.1. The van der Waals surface area contributed by atoms with E-state index < -0.39 is 59.7 Å². The number of carboxylic acids is 1. The van der Waals surface area contributed by atoms with E-state index in [2.05, 4.69) is 21.3 Å². The van der Waals surface area contributed by atoms with Crippen molar-refractivity contribution in [1.82, 2.24) is 50.7 Å². The Morgan fingerprint density at radius 1 is 0.278 bits per heavy atom. The maximum atomic E-state index is 12.8. The Morgan fingerprint density at radius 3 is 0.633 bits per heavy atom. The van der Waals surface area contributed by atoms with Crippen LogP contribution in [-0.2, 0) is 100 Å². The van der Waals surface area contributed by atoms with E-state index in [1.54, 1.807) is 72.1 Å². The van der Waals surface area contributed by atoms with Gasteiger partial charge in [0.25, 0.3) is 0 Å². The van der Waals surface area contributed by atoms with Gasteiger partial charge in [0.2, 0.25) is 11.8 Å². The number of carboxylic acid groups (broad SMARTS) is 1. The summed E-state index contributed by atoms with van der Waals surface area (Å²) in [6.45, 7) is 19.6. The first kappa shape index (κ1) is 87.4. The molecule has 0 bridgehead atoms. The van der Waals surface area contributed by atoms with Crippen LogP contribution in [-0.4, -0.2) is 336 Å². The second kappa shape index (κ2) is 59.8. The molecule has 34 nitrogen and oxygen atoms in total.